The number of fused-ring (bicyclic) bond motifs is 12. The molecule has 0 N–H and O–H groups in total. The average molecular weight is 799 g/mol. The van der Waals surface area contributed by atoms with Gasteiger partial charge in [-0.25, -0.2) is 0 Å². The average Bonchev–Trinajstić information content (AvgIpc) is 3.90. The Hall–Kier alpha value is -4.10. The Morgan fingerprint density at radius 2 is 1.13 bits per heavy atom. The lowest BCUT2D eigenvalue weighted by Crippen LogP contribution is -2.28. The number of aryl methyl sites for hydroxylation is 2. The summed E-state index contributed by atoms with van der Waals surface area (Å²) in [6.45, 7) is 14.1. The molecular weight excluding hydrogens is 725 g/mol. The quantitative estimate of drug-likeness (QED) is 0.0624. The zero-order valence-electron chi connectivity index (χ0n) is 38.3. The Morgan fingerprint density at radius 1 is 0.533 bits per heavy atom. The van der Waals surface area contributed by atoms with Crippen molar-refractivity contribution in [3.05, 3.63) is 118 Å². The van der Waals surface area contributed by atoms with Crippen LogP contribution in [0, 0.1) is 19.8 Å². The van der Waals surface area contributed by atoms with Gasteiger partial charge in [-0.15, -0.1) is 0 Å². The minimum Gasteiger partial charge on any atom is -0.455 e. The third-order valence-electron chi connectivity index (χ3n) is 14.9. The van der Waals surface area contributed by atoms with Crippen LogP contribution in [0.2, 0.25) is 0 Å². The molecule has 6 aromatic rings. The molecule has 8 rings (SSSR count). The summed E-state index contributed by atoms with van der Waals surface area (Å²) in [5, 5.41) is 2.64. The molecule has 1 unspecified atom stereocenters. The van der Waals surface area contributed by atoms with Crippen LogP contribution in [0.1, 0.15) is 195 Å². The van der Waals surface area contributed by atoms with Crippen molar-refractivity contribution in [2.45, 2.75) is 181 Å². The first-order chi connectivity index (χ1) is 29.5. The van der Waals surface area contributed by atoms with Crippen LogP contribution in [0.5, 0.6) is 0 Å². The Kier molecular flexibility index (Phi) is 13.7. The number of benzene rings is 5. The molecule has 0 spiro atoms. The van der Waals surface area contributed by atoms with Crippen LogP contribution < -0.4 is 0 Å². The van der Waals surface area contributed by atoms with E-state index in [-0.39, 0.29) is 5.41 Å². The summed E-state index contributed by atoms with van der Waals surface area (Å²) in [5.74, 6) is 0.980. The van der Waals surface area contributed by atoms with Crippen molar-refractivity contribution < 1.29 is 4.42 Å². The second-order valence-corrected chi connectivity index (χ2v) is 19.2. The standard InChI is InChI=1S/C59H74O/c1-7-11-15-20-29-44(30-21-16-12-8-2)51-49-39-41(5)33-35-46(49)53-55(51)56-52(54-48-32-26-31-45(57(48)60-58(53)54)43-27-22-19-23-28-43)47-36-34-42(6)40-50(47)59(56,37-24-17-13-9-3)38-25-18-14-10-4/h19,22-23,26-28,31-36,39-40,44,51H,7-18,20-21,24-25,29-30,37-38H2,1-6H3. The van der Waals surface area contributed by atoms with Gasteiger partial charge in [0.15, 0.2) is 0 Å². The van der Waals surface area contributed by atoms with Crippen molar-refractivity contribution in [3.8, 4) is 33.4 Å². The fourth-order valence-corrected chi connectivity index (χ4v) is 12.0. The van der Waals surface area contributed by atoms with Crippen LogP contribution >= 0.6 is 0 Å². The van der Waals surface area contributed by atoms with Gasteiger partial charge in [-0.1, -0.05) is 226 Å². The van der Waals surface area contributed by atoms with Gasteiger partial charge in [-0.05, 0) is 90.0 Å². The number of hydrogen-bond donors (Lipinski definition) is 0. The molecule has 0 saturated heterocycles. The summed E-state index contributed by atoms with van der Waals surface area (Å²) < 4.78 is 7.58. The molecule has 1 heterocycles. The van der Waals surface area contributed by atoms with E-state index in [1.165, 1.54) is 184 Å². The lowest BCUT2D eigenvalue weighted by atomic mass is 9.66. The molecule has 2 aliphatic rings. The molecule has 0 fully saturated rings. The summed E-state index contributed by atoms with van der Waals surface area (Å²) >= 11 is 0. The van der Waals surface area contributed by atoms with Gasteiger partial charge in [0, 0.05) is 33.2 Å². The fourth-order valence-electron chi connectivity index (χ4n) is 12.0. The van der Waals surface area contributed by atoms with E-state index in [2.05, 4.69) is 126 Å². The van der Waals surface area contributed by atoms with Crippen molar-refractivity contribution in [2.24, 2.45) is 5.92 Å². The van der Waals surface area contributed by atoms with Gasteiger partial charge < -0.3 is 4.42 Å². The molecular formula is C59H74O. The first kappa shape index (κ1) is 42.6. The summed E-state index contributed by atoms with van der Waals surface area (Å²) in [4.78, 5) is 0. The molecule has 5 aromatic carbocycles. The van der Waals surface area contributed by atoms with E-state index < -0.39 is 0 Å². The van der Waals surface area contributed by atoms with Crippen LogP contribution in [-0.4, -0.2) is 0 Å². The van der Waals surface area contributed by atoms with Crippen LogP contribution in [0.4, 0.5) is 0 Å². The molecule has 60 heavy (non-hydrogen) atoms. The number of hydrogen-bond acceptors (Lipinski definition) is 1. The van der Waals surface area contributed by atoms with Crippen LogP contribution in [0.25, 0.3) is 55.3 Å². The maximum Gasteiger partial charge on any atom is 0.144 e. The number of para-hydroxylation sites is 1. The van der Waals surface area contributed by atoms with Crippen molar-refractivity contribution in [3.63, 3.8) is 0 Å². The minimum absolute atomic E-state index is 0.0264. The van der Waals surface area contributed by atoms with Crippen LogP contribution in [-0.2, 0) is 5.41 Å². The van der Waals surface area contributed by atoms with Crippen LogP contribution in [0.3, 0.4) is 0 Å². The first-order valence-corrected chi connectivity index (χ1v) is 24.8. The van der Waals surface area contributed by atoms with Gasteiger partial charge in [-0.3, -0.25) is 0 Å². The first-order valence-electron chi connectivity index (χ1n) is 24.8. The zero-order chi connectivity index (χ0) is 41.6. The lowest BCUT2D eigenvalue weighted by Gasteiger charge is -2.37. The molecule has 0 bridgehead atoms. The summed E-state index contributed by atoms with van der Waals surface area (Å²) in [5.41, 5.74) is 19.8. The van der Waals surface area contributed by atoms with Crippen molar-refractivity contribution in [1.82, 2.24) is 0 Å². The minimum atomic E-state index is -0.0264. The SMILES string of the molecule is CCCCCCC(CCCCCC)C1c2cc(C)ccc2-c2c1c1c(c3c2oc2c(-c4ccccc4)cccc23)-c2ccc(C)cc2C1(CCCCCC)CCCCCC. The molecule has 0 radical (unpaired) electrons. The van der Waals surface area contributed by atoms with E-state index in [0.29, 0.717) is 11.8 Å². The molecule has 1 heteroatoms. The predicted octanol–water partition coefficient (Wildman–Crippen LogP) is 18.7. The highest BCUT2D eigenvalue weighted by Crippen LogP contribution is 2.66. The third kappa shape index (κ3) is 7.93. The van der Waals surface area contributed by atoms with Crippen molar-refractivity contribution in [1.29, 1.82) is 0 Å². The maximum absolute atomic E-state index is 7.58. The highest BCUT2D eigenvalue weighted by molar-refractivity contribution is 6.22. The van der Waals surface area contributed by atoms with Crippen LogP contribution in [0.15, 0.2) is 89.3 Å². The summed E-state index contributed by atoms with van der Waals surface area (Å²) in [7, 11) is 0. The fraction of sp³-hybridized carbons (Fsp3) is 0.492. The molecule has 0 aliphatic heterocycles. The second-order valence-electron chi connectivity index (χ2n) is 19.2. The van der Waals surface area contributed by atoms with Gasteiger partial charge in [0.1, 0.15) is 11.2 Å². The van der Waals surface area contributed by atoms with E-state index >= 15 is 0 Å². The number of unbranched alkanes of at least 4 members (excludes halogenated alkanes) is 12. The number of furan rings is 1. The third-order valence-corrected chi connectivity index (χ3v) is 14.9. The maximum atomic E-state index is 7.58. The predicted molar refractivity (Wildman–Crippen MR) is 261 cm³/mol. The van der Waals surface area contributed by atoms with Gasteiger partial charge in [0.25, 0.3) is 0 Å². The second kappa shape index (κ2) is 19.3. The lowest BCUT2D eigenvalue weighted by molar-refractivity contribution is 0.362. The molecule has 316 valence electrons. The Morgan fingerprint density at radius 3 is 1.77 bits per heavy atom. The zero-order valence-corrected chi connectivity index (χ0v) is 38.3. The monoisotopic (exact) mass is 799 g/mol. The smallest absolute Gasteiger partial charge is 0.144 e. The molecule has 2 aliphatic carbocycles. The molecule has 0 saturated carbocycles. The number of rotatable bonds is 22. The van der Waals surface area contributed by atoms with Gasteiger partial charge in [0.2, 0.25) is 0 Å². The van der Waals surface area contributed by atoms with E-state index in [1.807, 2.05) is 0 Å². The normalized spacial score (nSPS) is 14.9. The van der Waals surface area contributed by atoms with Crippen molar-refractivity contribution >= 4 is 21.9 Å². The van der Waals surface area contributed by atoms with E-state index in [4.69, 9.17) is 4.42 Å². The van der Waals surface area contributed by atoms with E-state index in [1.54, 1.807) is 22.3 Å². The van der Waals surface area contributed by atoms with Gasteiger partial charge >= 0.3 is 0 Å². The van der Waals surface area contributed by atoms with Crippen molar-refractivity contribution in [2.75, 3.05) is 0 Å². The van der Waals surface area contributed by atoms with E-state index in [0.717, 1.165) is 11.2 Å². The molecule has 1 nitrogen and oxygen atoms in total. The Bertz CT molecular complexity index is 2350. The highest BCUT2D eigenvalue weighted by atomic mass is 16.3. The van der Waals surface area contributed by atoms with E-state index in [9.17, 15) is 0 Å². The molecule has 1 aromatic heterocycles. The Labute approximate surface area is 363 Å². The molecule has 1 atom stereocenters. The highest BCUT2D eigenvalue weighted by Gasteiger charge is 2.50. The summed E-state index contributed by atoms with van der Waals surface area (Å²) in [6.07, 6.45) is 26.0. The molecule has 0 amide bonds. The topological polar surface area (TPSA) is 13.1 Å². The van der Waals surface area contributed by atoms with Gasteiger partial charge in [0.05, 0.1) is 0 Å². The largest absolute Gasteiger partial charge is 0.455 e. The summed E-state index contributed by atoms with van der Waals surface area (Å²) in [6, 6.07) is 33.0. The Balaban J connectivity index is 1.49. The van der Waals surface area contributed by atoms with Gasteiger partial charge in [-0.2, -0.15) is 0 Å².